The monoisotopic (exact) mass is 274 g/mol. The fourth-order valence-corrected chi connectivity index (χ4v) is 2.26. The zero-order valence-electron chi connectivity index (χ0n) is 11.4. The number of rotatable bonds is 3. The molecule has 0 spiro atoms. The first-order chi connectivity index (χ1) is 9.76. The highest BCUT2D eigenvalue weighted by molar-refractivity contribution is 5.39. The fourth-order valence-electron chi connectivity index (χ4n) is 2.26. The number of imidazole rings is 1. The third-order valence-corrected chi connectivity index (χ3v) is 3.54. The zero-order chi connectivity index (χ0) is 13.9. The van der Waals surface area contributed by atoms with Gasteiger partial charge in [0.2, 0.25) is 17.8 Å². The number of nitrogens with one attached hydrogen (secondary N) is 1. The third kappa shape index (κ3) is 2.55. The van der Waals surface area contributed by atoms with Crippen LogP contribution in [-0.2, 0) is 0 Å². The highest BCUT2D eigenvalue weighted by Crippen LogP contribution is 2.21. The minimum atomic E-state index is 0.359. The Morgan fingerprint density at radius 1 is 1.20 bits per heavy atom. The molecular weight excluding hydrogens is 256 g/mol. The van der Waals surface area contributed by atoms with Crippen molar-refractivity contribution in [1.29, 1.82) is 0 Å². The number of piperidine rings is 1. The van der Waals surface area contributed by atoms with Crippen LogP contribution in [0.1, 0.15) is 19.8 Å². The van der Waals surface area contributed by atoms with Gasteiger partial charge in [0.25, 0.3) is 0 Å². The van der Waals surface area contributed by atoms with Crippen LogP contribution in [0, 0.1) is 5.92 Å². The first-order valence-electron chi connectivity index (χ1n) is 6.72. The molecule has 3 heterocycles. The molecule has 0 bridgehead atoms. The number of hydrogen-bond donors (Lipinski definition) is 2. The molecule has 3 N–H and O–H groups in total. The van der Waals surface area contributed by atoms with Gasteiger partial charge >= 0.3 is 0 Å². The number of nitrogens with two attached hydrogens (primary N) is 1. The Bertz CT molecular complexity index is 559. The Morgan fingerprint density at radius 3 is 2.60 bits per heavy atom. The Labute approximate surface area is 117 Å². The first-order valence-corrected chi connectivity index (χ1v) is 6.72. The summed E-state index contributed by atoms with van der Waals surface area (Å²) in [4.78, 5) is 19.3. The Kier molecular flexibility index (Phi) is 3.46. The maximum Gasteiger partial charge on any atom is 0.243 e. The van der Waals surface area contributed by atoms with Crippen LogP contribution >= 0.6 is 0 Å². The highest BCUT2D eigenvalue weighted by Gasteiger charge is 2.19. The molecule has 1 aliphatic rings. The summed E-state index contributed by atoms with van der Waals surface area (Å²) in [6, 6.07) is 0. The van der Waals surface area contributed by atoms with Crippen LogP contribution in [0.25, 0.3) is 5.95 Å². The molecule has 0 radical (unpaired) electrons. The van der Waals surface area contributed by atoms with Crippen LogP contribution in [0.3, 0.4) is 0 Å². The molecule has 0 atom stereocenters. The second-order valence-corrected chi connectivity index (χ2v) is 5.04. The Morgan fingerprint density at radius 2 is 1.95 bits per heavy atom. The molecule has 1 fully saturated rings. The van der Waals surface area contributed by atoms with Gasteiger partial charge in [-0.15, -0.1) is 0 Å². The van der Waals surface area contributed by atoms with E-state index in [1.54, 1.807) is 23.3 Å². The molecule has 0 amide bonds. The van der Waals surface area contributed by atoms with Crippen molar-refractivity contribution in [2.24, 2.45) is 11.8 Å². The summed E-state index contributed by atoms with van der Waals surface area (Å²) in [6.45, 7) is 4.19. The highest BCUT2D eigenvalue weighted by atomic mass is 15.4. The molecule has 0 aromatic carbocycles. The molecule has 0 saturated carbocycles. The number of nitrogen functional groups attached to an aromatic ring is 1. The Hall–Kier alpha value is -2.22. The van der Waals surface area contributed by atoms with Gasteiger partial charge in [-0.2, -0.15) is 15.0 Å². The fraction of sp³-hybridized carbons (Fsp3) is 0.500. The molecule has 8 heteroatoms. The summed E-state index contributed by atoms with van der Waals surface area (Å²) in [5.74, 6) is 7.73. The zero-order valence-corrected chi connectivity index (χ0v) is 11.4. The van der Waals surface area contributed by atoms with Crippen molar-refractivity contribution in [1.82, 2.24) is 24.5 Å². The van der Waals surface area contributed by atoms with Gasteiger partial charge in [-0.1, -0.05) is 6.92 Å². The van der Waals surface area contributed by atoms with Gasteiger partial charge in [-0.05, 0) is 18.8 Å². The summed E-state index contributed by atoms with van der Waals surface area (Å²) in [5, 5.41) is 0. The van der Waals surface area contributed by atoms with E-state index in [9.17, 15) is 0 Å². The predicted octanol–water partition coefficient (Wildman–Crippen LogP) is 0.579. The van der Waals surface area contributed by atoms with E-state index in [1.165, 1.54) is 0 Å². The Balaban J connectivity index is 1.92. The van der Waals surface area contributed by atoms with Crippen molar-refractivity contribution >= 4 is 11.9 Å². The number of hydrazine groups is 1. The molecule has 0 unspecified atom stereocenters. The van der Waals surface area contributed by atoms with E-state index in [0.29, 0.717) is 17.8 Å². The minimum Gasteiger partial charge on any atom is -0.341 e. The minimum absolute atomic E-state index is 0.359. The lowest BCUT2D eigenvalue weighted by atomic mass is 10.00. The van der Waals surface area contributed by atoms with E-state index in [1.807, 2.05) is 0 Å². The van der Waals surface area contributed by atoms with Gasteiger partial charge in [-0.3, -0.25) is 9.99 Å². The van der Waals surface area contributed by atoms with Crippen molar-refractivity contribution in [3.63, 3.8) is 0 Å². The average molecular weight is 274 g/mol. The molecule has 8 nitrogen and oxygen atoms in total. The van der Waals surface area contributed by atoms with E-state index in [0.717, 1.165) is 31.8 Å². The summed E-state index contributed by atoms with van der Waals surface area (Å²) in [6.07, 6.45) is 7.42. The summed E-state index contributed by atoms with van der Waals surface area (Å²) in [5.41, 5.74) is 2.49. The molecule has 1 saturated heterocycles. The van der Waals surface area contributed by atoms with Crippen molar-refractivity contribution < 1.29 is 0 Å². The van der Waals surface area contributed by atoms with Gasteiger partial charge in [-0.25, -0.2) is 10.8 Å². The van der Waals surface area contributed by atoms with Crippen molar-refractivity contribution in [3.05, 3.63) is 18.7 Å². The maximum atomic E-state index is 5.45. The van der Waals surface area contributed by atoms with Crippen molar-refractivity contribution in [2.45, 2.75) is 19.8 Å². The van der Waals surface area contributed by atoms with Crippen LogP contribution in [0.4, 0.5) is 11.9 Å². The molecule has 2 aromatic rings. The quantitative estimate of drug-likeness (QED) is 0.624. The van der Waals surface area contributed by atoms with E-state index in [4.69, 9.17) is 5.84 Å². The van der Waals surface area contributed by atoms with Gasteiger partial charge in [0, 0.05) is 25.5 Å². The molecule has 2 aromatic heterocycles. The van der Waals surface area contributed by atoms with Gasteiger partial charge in [0.15, 0.2) is 0 Å². The van der Waals surface area contributed by atoms with Crippen LogP contribution in [0.15, 0.2) is 18.7 Å². The lowest BCUT2D eigenvalue weighted by Crippen LogP contribution is -2.34. The first kappa shape index (κ1) is 12.8. The molecule has 3 rings (SSSR count). The summed E-state index contributed by atoms with van der Waals surface area (Å²) >= 11 is 0. The van der Waals surface area contributed by atoms with E-state index in [-0.39, 0.29) is 0 Å². The lowest BCUT2D eigenvalue weighted by Gasteiger charge is -2.30. The lowest BCUT2D eigenvalue weighted by molar-refractivity contribution is 0.434. The SMILES string of the molecule is CC1CCN(c2nc(NN)nc(-n3ccnc3)n2)CC1. The normalized spacial score (nSPS) is 16.4. The molecular formula is C12H18N8. The third-order valence-electron chi connectivity index (χ3n) is 3.54. The molecule has 0 aliphatic carbocycles. The maximum absolute atomic E-state index is 5.45. The number of nitrogens with zero attached hydrogens (tertiary/aromatic N) is 6. The van der Waals surface area contributed by atoms with E-state index < -0.39 is 0 Å². The number of anilines is 2. The van der Waals surface area contributed by atoms with E-state index >= 15 is 0 Å². The van der Waals surface area contributed by atoms with Crippen molar-refractivity contribution in [3.8, 4) is 5.95 Å². The van der Waals surface area contributed by atoms with Crippen molar-refractivity contribution in [2.75, 3.05) is 23.4 Å². The van der Waals surface area contributed by atoms with Gasteiger partial charge in [0.1, 0.15) is 6.33 Å². The molecule has 1 aliphatic heterocycles. The van der Waals surface area contributed by atoms with Gasteiger partial charge < -0.3 is 4.90 Å². The molecule has 106 valence electrons. The number of hydrogen-bond acceptors (Lipinski definition) is 7. The predicted molar refractivity (Wildman–Crippen MR) is 75.4 cm³/mol. The standard InChI is InChI=1S/C12H18N8/c1-9-2-5-19(6-3-9)11-15-10(18-13)16-12(17-11)20-7-4-14-8-20/h4,7-9H,2-3,5-6,13H2,1H3,(H,15,16,17,18). The van der Waals surface area contributed by atoms with E-state index in [2.05, 4.69) is 37.2 Å². The van der Waals surface area contributed by atoms with Crippen LogP contribution in [-0.4, -0.2) is 37.6 Å². The van der Waals surface area contributed by atoms with Crippen LogP contribution in [0.2, 0.25) is 0 Å². The second-order valence-electron chi connectivity index (χ2n) is 5.04. The van der Waals surface area contributed by atoms with Crippen LogP contribution < -0.4 is 16.2 Å². The summed E-state index contributed by atoms with van der Waals surface area (Å²) in [7, 11) is 0. The molecule has 20 heavy (non-hydrogen) atoms. The largest absolute Gasteiger partial charge is 0.341 e. The summed E-state index contributed by atoms with van der Waals surface area (Å²) < 4.78 is 1.73. The van der Waals surface area contributed by atoms with Gasteiger partial charge in [0.05, 0.1) is 0 Å². The van der Waals surface area contributed by atoms with Crippen LogP contribution in [0.5, 0.6) is 0 Å². The number of aromatic nitrogens is 5. The second kappa shape index (κ2) is 5.41. The smallest absolute Gasteiger partial charge is 0.243 e. The topological polar surface area (TPSA) is 97.8 Å². The average Bonchev–Trinajstić information content (AvgIpc) is 3.02.